The summed E-state index contributed by atoms with van der Waals surface area (Å²) in [5.41, 5.74) is 4.64. The SMILES string of the molecule is O=C(O)C[C@H]1c2ccccc2CCc2ccc(OCCCNc3ccccn3)cc21. The van der Waals surface area contributed by atoms with Gasteiger partial charge < -0.3 is 15.2 Å². The lowest BCUT2D eigenvalue weighted by atomic mass is 9.85. The van der Waals surface area contributed by atoms with Crippen LogP contribution >= 0.6 is 0 Å². The number of nitrogens with zero attached hydrogens (tertiary/aromatic N) is 1. The van der Waals surface area contributed by atoms with Gasteiger partial charge in [-0.2, -0.15) is 0 Å². The van der Waals surface area contributed by atoms with Gasteiger partial charge in [0.05, 0.1) is 13.0 Å². The third-order valence-corrected chi connectivity index (χ3v) is 5.53. The number of aliphatic carboxylic acids is 1. The fourth-order valence-electron chi connectivity index (χ4n) is 4.09. The van der Waals surface area contributed by atoms with Gasteiger partial charge in [0.2, 0.25) is 0 Å². The molecule has 0 aliphatic heterocycles. The Morgan fingerprint density at radius 3 is 2.63 bits per heavy atom. The van der Waals surface area contributed by atoms with Crippen molar-refractivity contribution in [3.8, 4) is 5.75 Å². The maximum absolute atomic E-state index is 11.6. The van der Waals surface area contributed by atoms with Gasteiger partial charge in [-0.05, 0) is 65.8 Å². The van der Waals surface area contributed by atoms with Gasteiger partial charge in [0.15, 0.2) is 0 Å². The van der Waals surface area contributed by atoms with E-state index in [-0.39, 0.29) is 12.3 Å². The fourth-order valence-corrected chi connectivity index (χ4v) is 4.09. The van der Waals surface area contributed by atoms with Crippen LogP contribution in [0.4, 0.5) is 5.82 Å². The number of carboxylic acids is 1. The Hall–Kier alpha value is -3.34. The number of aryl methyl sites for hydroxylation is 2. The number of ether oxygens (including phenoxy) is 1. The molecule has 1 aromatic heterocycles. The summed E-state index contributed by atoms with van der Waals surface area (Å²) >= 11 is 0. The lowest BCUT2D eigenvalue weighted by Gasteiger charge is -2.19. The van der Waals surface area contributed by atoms with Gasteiger partial charge in [-0.3, -0.25) is 4.79 Å². The Labute approximate surface area is 176 Å². The van der Waals surface area contributed by atoms with Gasteiger partial charge in [0, 0.05) is 18.7 Å². The van der Waals surface area contributed by atoms with E-state index >= 15 is 0 Å². The number of rotatable bonds is 8. The summed E-state index contributed by atoms with van der Waals surface area (Å²) in [7, 11) is 0. The summed E-state index contributed by atoms with van der Waals surface area (Å²) in [6.07, 6.45) is 4.53. The minimum absolute atomic E-state index is 0.0848. The highest BCUT2D eigenvalue weighted by Crippen LogP contribution is 2.38. The minimum Gasteiger partial charge on any atom is -0.494 e. The topological polar surface area (TPSA) is 71.5 Å². The molecule has 0 saturated heterocycles. The number of nitrogens with one attached hydrogen (secondary N) is 1. The van der Waals surface area contributed by atoms with E-state index in [4.69, 9.17) is 4.74 Å². The smallest absolute Gasteiger partial charge is 0.304 e. The number of benzene rings is 2. The van der Waals surface area contributed by atoms with Crippen LogP contribution in [0.1, 0.15) is 41.0 Å². The molecule has 1 aliphatic carbocycles. The molecule has 0 unspecified atom stereocenters. The second-order valence-corrected chi connectivity index (χ2v) is 7.55. The second kappa shape index (κ2) is 9.44. The van der Waals surface area contributed by atoms with E-state index in [2.05, 4.69) is 28.5 Å². The molecule has 3 aromatic rings. The van der Waals surface area contributed by atoms with Gasteiger partial charge >= 0.3 is 5.97 Å². The Kier molecular flexibility index (Phi) is 6.28. The van der Waals surface area contributed by atoms with Crippen molar-refractivity contribution in [1.82, 2.24) is 4.98 Å². The standard InChI is InChI=1S/C25H26N2O3/c28-25(29)17-23-21-7-2-1-6-18(21)9-10-19-11-12-20(16-22(19)23)30-15-5-14-27-24-8-3-4-13-26-24/h1-4,6-8,11-13,16,23H,5,9-10,14-15,17H2,(H,26,27)(H,28,29)/t23-/m0/s1. The number of hydrogen-bond acceptors (Lipinski definition) is 4. The molecule has 154 valence electrons. The molecule has 1 heterocycles. The van der Waals surface area contributed by atoms with Crippen molar-refractivity contribution < 1.29 is 14.6 Å². The number of fused-ring (bicyclic) bond motifs is 2. The first-order valence-corrected chi connectivity index (χ1v) is 10.4. The lowest BCUT2D eigenvalue weighted by Crippen LogP contribution is -2.11. The molecule has 2 aromatic carbocycles. The number of carbonyl (C=O) groups is 1. The van der Waals surface area contributed by atoms with E-state index in [1.807, 2.05) is 42.5 Å². The predicted octanol–water partition coefficient (Wildman–Crippen LogP) is 4.67. The van der Waals surface area contributed by atoms with Crippen molar-refractivity contribution in [2.75, 3.05) is 18.5 Å². The van der Waals surface area contributed by atoms with Crippen LogP contribution in [0, 0.1) is 0 Å². The fraction of sp³-hybridized carbons (Fsp3) is 0.280. The first kappa shape index (κ1) is 20.0. The van der Waals surface area contributed by atoms with Crippen molar-refractivity contribution in [1.29, 1.82) is 0 Å². The first-order chi connectivity index (χ1) is 14.7. The van der Waals surface area contributed by atoms with Crippen LogP contribution in [0.2, 0.25) is 0 Å². The summed E-state index contributed by atoms with van der Waals surface area (Å²) < 4.78 is 5.98. The molecule has 1 atom stereocenters. The maximum atomic E-state index is 11.6. The normalized spacial score (nSPS) is 14.9. The third-order valence-electron chi connectivity index (χ3n) is 5.53. The molecular weight excluding hydrogens is 376 g/mol. The summed E-state index contributed by atoms with van der Waals surface area (Å²) in [5.74, 6) is 0.721. The van der Waals surface area contributed by atoms with Crippen LogP contribution in [0.5, 0.6) is 5.75 Å². The molecule has 4 rings (SSSR count). The largest absolute Gasteiger partial charge is 0.494 e. The molecule has 0 fully saturated rings. The number of hydrogen-bond donors (Lipinski definition) is 2. The summed E-state index contributed by atoms with van der Waals surface area (Å²) in [5, 5.41) is 12.8. The van der Waals surface area contributed by atoms with Gasteiger partial charge in [-0.15, -0.1) is 0 Å². The van der Waals surface area contributed by atoms with E-state index in [1.165, 1.54) is 11.1 Å². The van der Waals surface area contributed by atoms with E-state index < -0.39 is 5.97 Å². The summed E-state index contributed by atoms with van der Waals surface area (Å²) in [4.78, 5) is 15.8. The van der Waals surface area contributed by atoms with Crippen LogP contribution < -0.4 is 10.1 Å². The average molecular weight is 402 g/mol. The van der Waals surface area contributed by atoms with Crippen LogP contribution in [-0.2, 0) is 17.6 Å². The third kappa shape index (κ3) is 4.79. The van der Waals surface area contributed by atoms with Crippen molar-refractivity contribution >= 4 is 11.8 Å². The lowest BCUT2D eigenvalue weighted by molar-refractivity contribution is -0.137. The van der Waals surface area contributed by atoms with Gasteiger partial charge in [-0.1, -0.05) is 36.4 Å². The molecule has 2 N–H and O–H groups in total. The quantitative estimate of drug-likeness (QED) is 0.536. The van der Waals surface area contributed by atoms with E-state index in [0.29, 0.717) is 6.61 Å². The highest BCUT2D eigenvalue weighted by atomic mass is 16.5. The molecular formula is C25H26N2O3. The Morgan fingerprint density at radius 2 is 1.83 bits per heavy atom. The zero-order valence-electron chi connectivity index (χ0n) is 16.9. The molecule has 5 nitrogen and oxygen atoms in total. The predicted molar refractivity (Wildman–Crippen MR) is 117 cm³/mol. The Balaban J connectivity index is 1.45. The molecule has 0 amide bonds. The summed E-state index contributed by atoms with van der Waals surface area (Å²) in [6.45, 7) is 1.36. The molecule has 1 aliphatic rings. The van der Waals surface area contributed by atoms with E-state index in [9.17, 15) is 9.90 Å². The average Bonchev–Trinajstić information content (AvgIpc) is 2.91. The Morgan fingerprint density at radius 1 is 1.03 bits per heavy atom. The van der Waals surface area contributed by atoms with Crippen molar-refractivity contribution in [3.05, 3.63) is 89.1 Å². The monoisotopic (exact) mass is 402 g/mol. The molecule has 0 saturated carbocycles. The molecule has 0 bridgehead atoms. The maximum Gasteiger partial charge on any atom is 0.304 e. The van der Waals surface area contributed by atoms with Gasteiger partial charge in [0.1, 0.15) is 11.6 Å². The van der Waals surface area contributed by atoms with Crippen molar-refractivity contribution in [3.63, 3.8) is 0 Å². The number of aromatic nitrogens is 1. The zero-order chi connectivity index (χ0) is 20.8. The van der Waals surface area contributed by atoms with E-state index in [0.717, 1.165) is 48.5 Å². The van der Waals surface area contributed by atoms with Crippen molar-refractivity contribution in [2.45, 2.75) is 31.6 Å². The first-order valence-electron chi connectivity index (χ1n) is 10.4. The summed E-state index contributed by atoms with van der Waals surface area (Å²) in [6, 6.07) is 20.1. The van der Waals surface area contributed by atoms with E-state index in [1.54, 1.807) is 6.20 Å². The second-order valence-electron chi connectivity index (χ2n) is 7.55. The molecule has 30 heavy (non-hydrogen) atoms. The van der Waals surface area contributed by atoms with Crippen LogP contribution in [0.25, 0.3) is 0 Å². The van der Waals surface area contributed by atoms with Gasteiger partial charge in [0.25, 0.3) is 0 Å². The number of anilines is 1. The van der Waals surface area contributed by atoms with Gasteiger partial charge in [-0.25, -0.2) is 4.98 Å². The highest BCUT2D eigenvalue weighted by Gasteiger charge is 2.26. The van der Waals surface area contributed by atoms with Crippen LogP contribution in [-0.4, -0.2) is 29.2 Å². The van der Waals surface area contributed by atoms with Crippen LogP contribution in [0.15, 0.2) is 66.9 Å². The van der Waals surface area contributed by atoms with Crippen molar-refractivity contribution in [2.24, 2.45) is 0 Å². The highest BCUT2D eigenvalue weighted by molar-refractivity contribution is 5.70. The number of carboxylic acid groups (broad SMARTS) is 1. The molecule has 0 radical (unpaired) electrons. The molecule has 0 spiro atoms. The number of pyridine rings is 1. The molecule has 5 heteroatoms. The van der Waals surface area contributed by atoms with Crippen LogP contribution in [0.3, 0.4) is 0 Å². The minimum atomic E-state index is -0.783. The zero-order valence-corrected chi connectivity index (χ0v) is 16.9. The Bertz CT molecular complexity index is 1000.